The minimum atomic E-state index is -1.04. The highest BCUT2D eigenvalue weighted by Crippen LogP contribution is 2.44. The van der Waals surface area contributed by atoms with Crippen LogP contribution in [0.3, 0.4) is 0 Å². The molecule has 0 radical (unpaired) electrons. The third kappa shape index (κ3) is 3.88. The van der Waals surface area contributed by atoms with Gasteiger partial charge in [0.2, 0.25) is 0 Å². The van der Waals surface area contributed by atoms with Gasteiger partial charge in [-0.05, 0) is 24.0 Å². The van der Waals surface area contributed by atoms with E-state index < -0.39 is 12.6 Å². The van der Waals surface area contributed by atoms with E-state index in [2.05, 4.69) is 24.5 Å². The first-order valence-corrected chi connectivity index (χ1v) is 6.39. The van der Waals surface area contributed by atoms with Crippen molar-refractivity contribution in [1.82, 2.24) is 5.32 Å². The standard InChI is InChI=1S/C14H18N2O4/c1-14(2)7-11(14)16-13(19)15-9-4-3-5-10(6-9)20-8-12(17)18/h3-6,11H,7-8H2,1-2H3,(H,17,18)(H2,15,16,19). The normalized spacial score (nSPS) is 19.0. The van der Waals surface area contributed by atoms with Gasteiger partial charge in [-0.2, -0.15) is 0 Å². The monoisotopic (exact) mass is 278 g/mol. The Balaban J connectivity index is 1.87. The molecule has 1 aromatic carbocycles. The number of hydrogen-bond acceptors (Lipinski definition) is 3. The molecule has 3 N–H and O–H groups in total. The Labute approximate surface area is 117 Å². The van der Waals surface area contributed by atoms with Crippen LogP contribution in [0.25, 0.3) is 0 Å². The SMILES string of the molecule is CC1(C)CC1NC(=O)Nc1cccc(OCC(=O)O)c1. The fraction of sp³-hybridized carbons (Fsp3) is 0.429. The van der Waals surface area contributed by atoms with Gasteiger partial charge in [-0.3, -0.25) is 0 Å². The summed E-state index contributed by atoms with van der Waals surface area (Å²) < 4.78 is 5.04. The molecule has 0 aliphatic heterocycles. The molecule has 2 amide bonds. The third-order valence-electron chi connectivity index (χ3n) is 3.27. The second-order valence-electron chi connectivity index (χ2n) is 5.55. The maximum Gasteiger partial charge on any atom is 0.341 e. The van der Waals surface area contributed by atoms with Gasteiger partial charge in [0.25, 0.3) is 0 Å². The van der Waals surface area contributed by atoms with Crippen molar-refractivity contribution in [3.05, 3.63) is 24.3 Å². The molecule has 1 saturated carbocycles. The Hall–Kier alpha value is -2.24. The molecule has 0 saturated heterocycles. The van der Waals surface area contributed by atoms with Gasteiger partial charge in [-0.15, -0.1) is 0 Å². The lowest BCUT2D eigenvalue weighted by molar-refractivity contribution is -0.139. The lowest BCUT2D eigenvalue weighted by atomic mass is 10.2. The van der Waals surface area contributed by atoms with Gasteiger partial charge in [0.05, 0.1) is 0 Å². The molecule has 0 aromatic heterocycles. The number of ether oxygens (including phenoxy) is 1. The van der Waals surface area contributed by atoms with Crippen LogP contribution in [0.4, 0.5) is 10.5 Å². The van der Waals surface area contributed by atoms with Crippen molar-refractivity contribution in [2.45, 2.75) is 26.3 Å². The van der Waals surface area contributed by atoms with Crippen LogP contribution in [0.5, 0.6) is 5.75 Å². The minimum absolute atomic E-state index is 0.170. The molecular weight excluding hydrogens is 260 g/mol. The summed E-state index contributed by atoms with van der Waals surface area (Å²) in [5.41, 5.74) is 0.730. The molecule has 6 nitrogen and oxygen atoms in total. The number of benzene rings is 1. The zero-order valence-corrected chi connectivity index (χ0v) is 11.5. The zero-order valence-electron chi connectivity index (χ0n) is 11.5. The molecule has 1 atom stereocenters. The smallest absolute Gasteiger partial charge is 0.341 e. The average Bonchev–Trinajstić information content (AvgIpc) is 2.94. The molecular formula is C14H18N2O4. The van der Waals surface area contributed by atoms with E-state index in [9.17, 15) is 9.59 Å². The number of nitrogens with one attached hydrogen (secondary N) is 2. The van der Waals surface area contributed by atoms with Crippen molar-refractivity contribution in [1.29, 1.82) is 0 Å². The van der Waals surface area contributed by atoms with E-state index >= 15 is 0 Å². The van der Waals surface area contributed by atoms with Crippen molar-refractivity contribution in [2.24, 2.45) is 5.41 Å². The first-order chi connectivity index (χ1) is 9.37. The molecule has 0 spiro atoms. The molecule has 1 unspecified atom stereocenters. The van der Waals surface area contributed by atoms with E-state index in [0.717, 1.165) is 6.42 Å². The molecule has 1 aromatic rings. The summed E-state index contributed by atoms with van der Waals surface area (Å²) in [6.45, 7) is 3.78. The van der Waals surface area contributed by atoms with Crippen molar-refractivity contribution >= 4 is 17.7 Å². The number of anilines is 1. The second kappa shape index (κ2) is 5.40. The molecule has 6 heteroatoms. The summed E-state index contributed by atoms with van der Waals surface area (Å²) in [5, 5.41) is 14.1. The summed E-state index contributed by atoms with van der Waals surface area (Å²) >= 11 is 0. The molecule has 2 rings (SSSR count). The van der Waals surface area contributed by atoms with Crippen LogP contribution in [0, 0.1) is 5.41 Å². The van der Waals surface area contributed by atoms with Crippen molar-refractivity contribution in [3.63, 3.8) is 0 Å². The number of rotatable bonds is 5. The number of hydrogen-bond donors (Lipinski definition) is 3. The number of carboxylic acid groups (broad SMARTS) is 1. The van der Waals surface area contributed by atoms with Gasteiger partial charge >= 0.3 is 12.0 Å². The van der Waals surface area contributed by atoms with E-state index in [4.69, 9.17) is 9.84 Å². The van der Waals surface area contributed by atoms with Crippen LogP contribution in [0.15, 0.2) is 24.3 Å². The molecule has 1 fully saturated rings. The van der Waals surface area contributed by atoms with Gasteiger partial charge in [0.15, 0.2) is 6.61 Å². The van der Waals surface area contributed by atoms with E-state index in [1.54, 1.807) is 24.3 Å². The Morgan fingerprint density at radius 2 is 2.15 bits per heavy atom. The molecule has 20 heavy (non-hydrogen) atoms. The predicted molar refractivity (Wildman–Crippen MR) is 73.9 cm³/mol. The van der Waals surface area contributed by atoms with Crippen molar-refractivity contribution in [2.75, 3.05) is 11.9 Å². The predicted octanol–water partition coefficient (Wildman–Crippen LogP) is 2.07. The Morgan fingerprint density at radius 3 is 2.75 bits per heavy atom. The first kappa shape index (κ1) is 14.2. The Bertz CT molecular complexity index is 528. The number of carbonyl (C=O) groups is 2. The van der Waals surface area contributed by atoms with Gasteiger partial charge < -0.3 is 20.5 Å². The summed E-state index contributed by atoms with van der Waals surface area (Å²) in [6, 6.07) is 6.56. The number of aliphatic carboxylic acids is 1. The van der Waals surface area contributed by atoms with E-state index in [1.165, 1.54) is 0 Å². The van der Waals surface area contributed by atoms with E-state index in [0.29, 0.717) is 11.4 Å². The van der Waals surface area contributed by atoms with Crippen LogP contribution < -0.4 is 15.4 Å². The highest BCUT2D eigenvalue weighted by atomic mass is 16.5. The highest BCUT2D eigenvalue weighted by molar-refractivity contribution is 5.90. The summed E-state index contributed by atoms with van der Waals surface area (Å²) in [4.78, 5) is 22.2. The Morgan fingerprint density at radius 1 is 1.45 bits per heavy atom. The van der Waals surface area contributed by atoms with Crippen molar-refractivity contribution < 1.29 is 19.4 Å². The quantitative estimate of drug-likeness (QED) is 0.769. The molecule has 1 aliphatic rings. The maximum absolute atomic E-state index is 11.8. The van der Waals surface area contributed by atoms with Crippen LogP contribution >= 0.6 is 0 Å². The minimum Gasteiger partial charge on any atom is -0.482 e. The van der Waals surface area contributed by atoms with Gasteiger partial charge in [0, 0.05) is 17.8 Å². The molecule has 108 valence electrons. The van der Waals surface area contributed by atoms with Crippen LogP contribution in [-0.2, 0) is 4.79 Å². The first-order valence-electron chi connectivity index (χ1n) is 6.39. The number of carbonyl (C=O) groups excluding carboxylic acids is 1. The maximum atomic E-state index is 11.8. The Kier molecular flexibility index (Phi) is 3.83. The van der Waals surface area contributed by atoms with Crippen LogP contribution in [0.1, 0.15) is 20.3 Å². The van der Waals surface area contributed by atoms with Crippen molar-refractivity contribution in [3.8, 4) is 5.75 Å². The van der Waals surface area contributed by atoms with Crippen LogP contribution in [-0.4, -0.2) is 29.8 Å². The second-order valence-corrected chi connectivity index (χ2v) is 5.55. The van der Waals surface area contributed by atoms with Gasteiger partial charge in [0.1, 0.15) is 5.75 Å². The van der Waals surface area contributed by atoms with Crippen LogP contribution in [0.2, 0.25) is 0 Å². The number of amides is 2. The summed E-state index contributed by atoms with van der Waals surface area (Å²) in [6.07, 6.45) is 0.974. The number of urea groups is 1. The third-order valence-corrected chi connectivity index (χ3v) is 3.27. The number of carboxylic acids is 1. The highest BCUT2D eigenvalue weighted by Gasteiger charge is 2.46. The largest absolute Gasteiger partial charge is 0.482 e. The zero-order chi connectivity index (χ0) is 14.8. The lowest BCUT2D eigenvalue weighted by Gasteiger charge is -2.10. The molecule has 1 aliphatic carbocycles. The fourth-order valence-electron chi connectivity index (χ4n) is 1.85. The molecule has 0 bridgehead atoms. The summed E-state index contributed by atoms with van der Waals surface area (Å²) in [7, 11) is 0. The summed E-state index contributed by atoms with van der Waals surface area (Å²) in [5.74, 6) is -0.644. The average molecular weight is 278 g/mol. The fourth-order valence-corrected chi connectivity index (χ4v) is 1.85. The molecule has 0 heterocycles. The van der Waals surface area contributed by atoms with E-state index in [1.807, 2.05) is 0 Å². The lowest BCUT2D eigenvalue weighted by Crippen LogP contribution is -2.32. The topological polar surface area (TPSA) is 87.7 Å². The van der Waals surface area contributed by atoms with Gasteiger partial charge in [-0.25, -0.2) is 9.59 Å². The van der Waals surface area contributed by atoms with E-state index in [-0.39, 0.29) is 17.5 Å². The van der Waals surface area contributed by atoms with Gasteiger partial charge in [-0.1, -0.05) is 19.9 Å².